The fraction of sp³-hybridized carbons (Fsp3) is 0.857. The van der Waals surface area contributed by atoms with E-state index in [9.17, 15) is 14.7 Å². The molecular weight excluding hydrogens is 260 g/mol. The summed E-state index contributed by atoms with van der Waals surface area (Å²) in [5.41, 5.74) is 0. The number of amides is 2. The van der Waals surface area contributed by atoms with Crippen molar-refractivity contribution in [3.8, 4) is 0 Å². The molecule has 0 spiro atoms. The van der Waals surface area contributed by atoms with Crippen LogP contribution < -0.4 is 5.32 Å². The summed E-state index contributed by atoms with van der Waals surface area (Å²) in [6, 6.07) is -1.14. The van der Waals surface area contributed by atoms with Crippen LogP contribution >= 0.6 is 0 Å². The van der Waals surface area contributed by atoms with Crippen LogP contribution in [0.3, 0.4) is 0 Å². The number of urea groups is 1. The van der Waals surface area contributed by atoms with Gasteiger partial charge in [-0.1, -0.05) is 27.2 Å². The minimum atomic E-state index is -0.984. The highest BCUT2D eigenvalue weighted by atomic mass is 16.5. The van der Waals surface area contributed by atoms with Crippen molar-refractivity contribution in [1.29, 1.82) is 0 Å². The lowest BCUT2D eigenvalue weighted by Gasteiger charge is -2.39. The predicted molar refractivity (Wildman–Crippen MR) is 75.6 cm³/mol. The number of nitrogens with one attached hydrogen (secondary N) is 1. The van der Waals surface area contributed by atoms with Gasteiger partial charge in [-0.2, -0.15) is 0 Å². The maximum Gasteiger partial charge on any atom is 0.326 e. The average Bonchev–Trinajstić information content (AvgIpc) is 2.43. The zero-order valence-corrected chi connectivity index (χ0v) is 12.8. The number of hydrogen-bond donors (Lipinski definition) is 2. The summed E-state index contributed by atoms with van der Waals surface area (Å²) >= 11 is 0. The van der Waals surface area contributed by atoms with Gasteiger partial charge >= 0.3 is 12.0 Å². The van der Waals surface area contributed by atoms with E-state index in [4.69, 9.17) is 4.74 Å². The summed E-state index contributed by atoms with van der Waals surface area (Å²) in [6.45, 7) is 8.66. The van der Waals surface area contributed by atoms with Crippen LogP contribution in [-0.4, -0.2) is 53.3 Å². The summed E-state index contributed by atoms with van der Waals surface area (Å²) in [4.78, 5) is 25.3. The first-order valence-electron chi connectivity index (χ1n) is 7.32. The zero-order chi connectivity index (χ0) is 15.3. The molecule has 0 aliphatic carbocycles. The van der Waals surface area contributed by atoms with E-state index in [1.807, 2.05) is 27.7 Å². The van der Waals surface area contributed by atoms with Gasteiger partial charge < -0.3 is 20.1 Å². The topological polar surface area (TPSA) is 78.9 Å². The third-order valence-corrected chi connectivity index (χ3v) is 3.96. The summed E-state index contributed by atoms with van der Waals surface area (Å²) in [5.74, 6) is -1.09. The van der Waals surface area contributed by atoms with Crippen molar-refractivity contribution in [2.24, 2.45) is 5.92 Å². The molecule has 1 aliphatic rings. The van der Waals surface area contributed by atoms with Gasteiger partial charge in [0.25, 0.3) is 0 Å². The van der Waals surface area contributed by atoms with Crippen molar-refractivity contribution in [1.82, 2.24) is 10.2 Å². The first kappa shape index (κ1) is 16.8. The van der Waals surface area contributed by atoms with E-state index >= 15 is 0 Å². The van der Waals surface area contributed by atoms with E-state index in [0.717, 1.165) is 6.42 Å². The molecule has 1 heterocycles. The Labute approximate surface area is 120 Å². The quantitative estimate of drug-likeness (QED) is 0.806. The van der Waals surface area contributed by atoms with Crippen LogP contribution in [0.5, 0.6) is 0 Å². The Morgan fingerprint density at radius 2 is 2.10 bits per heavy atom. The van der Waals surface area contributed by atoms with Crippen LogP contribution in [-0.2, 0) is 9.53 Å². The Bertz CT molecular complexity index is 348. The van der Waals surface area contributed by atoms with Gasteiger partial charge in [0.1, 0.15) is 6.04 Å². The van der Waals surface area contributed by atoms with Crippen molar-refractivity contribution in [2.45, 2.75) is 58.7 Å². The van der Waals surface area contributed by atoms with Crippen LogP contribution in [0.4, 0.5) is 4.79 Å². The lowest BCUT2D eigenvalue weighted by Crippen LogP contribution is -2.58. The minimum absolute atomic E-state index is 0.0116. The summed E-state index contributed by atoms with van der Waals surface area (Å²) in [5, 5.41) is 11.9. The highest BCUT2D eigenvalue weighted by Gasteiger charge is 2.33. The normalized spacial score (nSPS) is 25.9. The van der Waals surface area contributed by atoms with Crippen molar-refractivity contribution in [3.05, 3.63) is 0 Å². The Balaban J connectivity index is 2.73. The number of carboxylic acids is 1. The van der Waals surface area contributed by atoms with Crippen molar-refractivity contribution in [3.63, 3.8) is 0 Å². The summed E-state index contributed by atoms with van der Waals surface area (Å²) in [7, 11) is 0. The Hall–Kier alpha value is -1.30. The monoisotopic (exact) mass is 286 g/mol. The molecule has 0 bridgehead atoms. The number of nitrogens with zero attached hydrogens (tertiary/aromatic N) is 1. The van der Waals surface area contributed by atoms with E-state index in [1.165, 1.54) is 0 Å². The van der Waals surface area contributed by atoms with Gasteiger partial charge in [0.15, 0.2) is 0 Å². The number of carbonyl (C=O) groups excluding carboxylic acids is 1. The van der Waals surface area contributed by atoms with Crippen LogP contribution in [0.15, 0.2) is 0 Å². The number of morpholine rings is 1. The molecule has 2 amide bonds. The molecule has 0 aromatic carbocycles. The van der Waals surface area contributed by atoms with E-state index in [1.54, 1.807) is 4.90 Å². The molecule has 0 aromatic heterocycles. The van der Waals surface area contributed by atoms with Gasteiger partial charge in [-0.15, -0.1) is 0 Å². The molecule has 116 valence electrons. The first-order chi connectivity index (χ1) is 9.40. The van der Waals surface area contributed by atoms with E-state index in [2.05, 4.69) is 5.32 Å². The Morgan fingerprint density at radius 1 is 1.45 bits per heavy atom. The highest BCUT2D eigenvalue weighted by Crippen LogP contribution is 2.16. The van der Waals surface area contributed by atoms with Crippen LogP contribution in [0.1, 0.15) is 40.5 Å². The molecule has 0 aromatic rings. The van der Waals surface area contributed by atoms with Gasteiger partial charge in [0.2, 0.25) is 0 Å². The van der Waals surface area contributed by atoms with Crippen molar-refractivity contribution < 1.29 is 19.4 Å². The first-order valence-corrected chi connectivity index (χ1v) is 7.32. The second-order valence-corrected chi connectivity index (χ2v) is 5.51. The van der Waals surface area contributed by atoms with E-state index in [-0.39, 0.29) is 24.1 Å². The number of carbonyl (C=O) groups is 2. The van der Waals surface area contributed by atoms with Gasteiger partial charge in [0.05, 0.1) is 18.8 Å². The fourth-order valence-corrected chi connectivity index (χ4v) is 2.33. The molecule has 4 atom stereocenters. The molecule has 1 aliphatic heterocycles. The largest absolute Gasteiger partial charge is 0.480 e. The fourth-order valence-electron chi connectivity index (χ4n) is 2.33. The Kier molecular flexibility index (Phi) is 6.26. The van der Waals surface area contributed by atoms with Crippen molar-refractivity contribution >= 4 is 12.0 Å². The summed E-state index contributed by atoms with van der Waals surface area (Å²) < 4.78 is 5.54. The number of hydrogen-bond acceptors (Lipinski definition) is 3. The average molecular weight is 286 g/mol. The molecule has 1 rings (SSSR count). The predicted octanol–water partition coefficient (Wildman–Crippen LogP) is 1.69. The standard InChI is InChI=1S/C14H26N2O4/c1-5-9(3)12(13(17)18)15-14(19)16-7-10(4)20-8-11(16)6-2/h9-12H,5-8H2,1-4H3,(H,15,19)(H,17,18)/t9-,10?,11?,12-/m0/s1. The summed E-state index contributed by atoms with van der Waals surface area (Å²) in [6.07, 6.45) is 1.48. The molecule has 0 saturated carbocycles. The second-order valence-electron chi connectivity index (χ2n) is 5.51. The van der Waals surface area contributed by atoms with Crippen LogP contribution in [0, 0.1) is 5.92 Å². The third-order valence-electron chi connectivity index (χ3n) is 3.96. The maximum atomic E-state index is 12.3. The Morgan fingerprint density at radius 3 is 2.60 bits per heavy atom. The van der Waals surface area contributed by atoms with Gasteiger partial charge in [0, 0.05) is 6.54 Å². The highest BCUT2D eigenvalue weighted by molar-refractivity contribution is 5.83. The number of ether oxygens (including phenoxy) is 1. The van der Waals surface area contributed by atoms with Crippen LogP contribution in [0.2, 0.25) is 0 Å². The second kappa shape index (κ2) is 7.47. The van der Waals surface area contributed by atoms with Gasteiger partial charge in [-0.3, -0.25) is 0 Å². The molecule has 20 heavy (non-hydrogen) atoms. The lowest BCUT2D eigenvalue weighted by molar-refractivity contribution is -0.140. The number of aliphatic carboxylic acids is 1. The van der Waals surface area contributed by atoms with E-state index < -0.39 is 12.0 Å². The molecule has 1 fully saturated rings. The molecule has 2 unspecified atom stereocenters. The zero-order valence-electron chi connectivity index (χ0n) is 12.8. The molecule has 6 heteroatoms. The lowest BCUT2D eigenvalue weighted by atomic mass is 9.99. The number of rotatable bonds is 5. The van der Waals surface area contributed by atoms with Gasteiger partial charge in [-0.05, 0) is 19.3 Å². The molecular formula is C14H26N2O4. The molecule has 6 nitrogen and oxygen atoms in total. The van der Waals surface area contributed by atoms with Crippen LogP contribution in [0.25, 0.3) is 0 Å². The third kappa shape index (κ3) is 4.10. The molecule has 2 N–H and O–H groups in total. The molecule has 0 radical (unpaired) electrons. The van der Waals surface area contributed by atoms with Crippen molar-refractivity contribution in [2.75, 3.05) is 13.2 Å². The number of carboxylic acid groups (broad SMARTS) is 1. The minimum Gasteiger partial charge on any atom is -0.480 e. The smallest absolute Gasteiger partial charge is 0.326 e. The SMILES string of the molecule is CCC1COC(C)CN1C(=O)N[C@H](C(=O)O)[C@@H](C)CC. The maximum absolute atomic E-state index is 12.3. The van der Waals surface area contributed by atoms with Gasteiger partial charge in [-0.25, -0.2) is 9.59 Å². The molecule has 1 saturated heterocycles. The van der Waals surface area contributed by atoms with E-state index in [0.29, 0.717) is 19.6 Å².